The third-order valence-electron chi connectivity index (χ3n) is 3.40. The minimum absolute atomic E-state index is 0.0888. The van der Waals surface area contributed by atoms with Crippen molar-refractivity contribution in [3.63, 3.8) is 0 Å². The predicted molar refractivity (Wildman–Crippen MR) is 68.6 cm³/mol. The second-order valence-electron chi connectivity index (χ2n) is 6.26. The molecule has 2 saturated heterocycles. The number of hydrogen-bond acceptors (Lipinski definition) is 4. The van der Waals surface area contributed by atoms with Gasteiger partial charge in [-0.1, -0.05) is 0 Å². The van der Waals surface area contributed by atoms with Crippen molar-refractivity contribution in [3.05, 3.63) is 0 Å². The van der Waals surface area contributed by atoms with E-state index in [4.69, 9.17) is 9.47 Å². The second kappa shape index (κ2) is 5.05. The number of carbonyl (C=O) groups excluding carboxylic acids is 1. The summed E-state index contributed by atoms with van der Waals surface area (Å²) >= 11 is 0. The van der Waals surface area contributed by atoms with Gasteiger partial charge in [-0.25, -0.2) is 4.79 Å². The number of hydrogen-bond donors (Lipinski definition) is 2. The number of piperidine rings is 1. The van der Waals surface area contributed by atoms with Crippen LogP contribution in [0, 0.1) is 0 Å². The lowest BCUT2D eigenvalue weighted by Crippen LogP contribution is -2.58. The molecule has 2 rings (SSSR count). The number of carbonyl (C=O) groups is 1. The summed E-state index contributed by atoms with van der Waals surface area (Å²) in [6.07, 6.45) is 2.99. The maximum Gasteiger partial charge on any atom is 0.407 e. The lowest BCUT2D eigenvalue weighted by Gasteiger charge is -2.50. The van der Waals surface area contributed by atoms with Gasteiger partial charge in [0.1, 0.15) is 5.60 Å². The SMILES string of the molecule is CC(C)(C)OC(=O)NCC1CC2(CCNCC2)O1. The smallest absolute Gasteiger partial charge is 0.407 e. The van der Waals surface area contributed by atoms with Crippen LogP contribution in [0.4, 0.5) is 4.79 Å². The minimum Gasteiger partial charge on any atom is -0.444 e. The summed E-state index contributed by atoms with van der Waals surface area (Å²) in [5, 5.41) is 6.09. The summed E-state index contributed by atoms with van der Waals surface area (Å²) in [5.41, 5.74) is -0.355. The number of nitrogens with one attached hydrogen (secondary N) is 2. The van der Waals surface area contributed by atoms with E-state index in [1.807, 2.05) is 20.8 Å². The first-order valence-corrected chi connectivity index (χ1v) is 6.74. The first-order chi connectivity index (χ1) is 8.39. The van der Waals surface area contributed by atoms with Crippen molar-refractivity contribution in [3.8, 4) is 0 Å². The molecule has 2 N–H and O–H groups in total. The molecule has 5 heteroatoms. The fraction of sp³-hybridized carbons (Fsp3) is 0.923. The average Bonchev–Trinajstić information content (AvgIpc) is 2.22. The first-order valence-electron chi connectivity index (χ1n) is 6.74. The third-order valence-corrected chi connectivity index (χ3v) is 3.40. The molecule has 18 heavy (non-hydrogen) atoms. The molecule has 2 heterocycles. The van der Waals surface area contributed by atoms with Gasteiger partial charge in [-0.2, -0.15) is 0 Å². The number of alkyl carbamates (subject to hydrolysis) is 1. The molecule has 2 aliphatic rings. The first kappa shape index (κ1) is 13.6. The quantitative estimate of drug-likeness (QED) is 0.784. The van der Waals surface area contributed by atoms with Crippen LogP contribution in [0.25, 0.3) is 0 Å². The summed E-state index contributed by atoms with van der Waals surface area (Å²) < 4.78 is 11.1. The Balaban J connectivity index is 1.63. The van der Waals surface area contributed by atoms with Crippen LogP contribution in [0.15, 0.2) is 0 Å². The fourth-order valence-electron chi connectivity index (χ4n) is 2.59. The molecule has 2 fully saturated rings. The van der Waals surface area contributed by atoms with E-state index >= 15 is 0 Å². The van der Waals surface area contributed by atoms with Crippen molar-refractivity contribution in [2.24, 2.45) is 0 Å². The Kier molecular flexibility index (Phi) is 3.82. The second-order valence-corrected chi connectivity index (χ2v) is 6.26. The van der Waals surface area contributed by atoms with E-state index in [2.05, 4.69) is 10.6 Å². The van der Waals surface area contributed by atoms with E-state index in [-0.39, 0.29) is 17.8 Å². The van der Waals surface area contributed by atoms with Crippen LogP contribution >= 0.6 is 0 Å². The van der Waals surface area contributed by atoms with Gasteiger partial charge in [-0.15, -0.1) is 0 Å². The van der Waals surface area contributed by atoms with Gasteiger partial charge in [0.25, 0.3) is 0 Å². The van der Waals surface area contributed by atoms with Crippen LogP contribution in [0.3, 0.4) is 0 Å². The molecular formula is C13H24N2O3. The molecule has 0 saturated carbocycles. The van der Waals surface area contributed by atoms with Crippen molar-refractivity contribution < 1.29 is 14.3 Å². The van der Waals surface area contributed by atoms with Crippen molar-refractivity contribution in [2.45, 2.75) is 57.3 Å². The molecule has 0 aromatic carbocycles. The molecule has 0 aromatic heterocycles. The Morgan fingerprint density at radius 3 is 2.61 bits per heavy atom. The summed E-state index contributed by atoms with van der Waals surface area (Å²) in [5.74, 6) is 0. The molecule has 1 unspecified atom stereocenters. The van der Waals surface area contributed by atoms with E-state index in [1.165, 1.54) is 0 Å². The Hall–Kier alpha value is -0.810. The predicted octanol–water partition coefficient (Wildman–Crippen LogP) is 1.42. The highest BCUT2D eigenvalue weighted by Gasteiger charge is 2.45. The van der Waals surface area contributed by atoms with Crippen molar-refractivity contribution in [2.75, 3.05) is 19.6 Å². The van der Waals surface area contributed by atoms with Gasteiger partial charge in [0.2, 0.25) is 0 Å². The maximum absolute atomic E-state index is 11.5. The van der Waals surface area contributed by atoms with Crippen LogP contribution < -0.4 is 10.6 Å². The number of rotatable bonds is 2. The molecule has 0 aromatic rings. The van der Waals surface area contributed by atoms with Crippen LogP contribution in [-0.2, 0) is 9.47 Å². The molecule has 1 spiro atoms. The molecule has 2 aliphatic heterocycles. The molecule has 0 aliphatic carbocycles. The molecule has 1 amide bonds. The van der Waals surface area contributed by atoms with E-state index in [0.717, 1.165) is 32.4 Å². The van der Waals surface area contributed by atoms with Gasteiger partial charge in [0, 0.05) is 13.0 Å². The summed E-state index contributed by atoms with van der Waals surface area (Å²) in [6.45, 7) is 8.19. The third kappa shape index (κ3) is 3.59. The zero-order valence-electron chi connectivity index (χ0n) is 11.5. The average molecular weight is 256 g/mol. The van der Waals surface area contributed by atoms with Gasteiger partial charge in [0.15, 0.2) is 0 Å². The van der Waals surface area contributed by atoms with E-state index in [9.17, 15) is 4.79 Å². The van der Waals surface area contributed by atoms with Crippen LogP contribution in [-0.4, -0.2) is 43.0 Å². The van der Waals surface area contributed by atoms with Gasteiger partial charge in [-0.3, -0.25) is 0 Å². The lowest BCUT2D eigenvalue weighted by molar-refractivity contribution is -0.214. The zero-order valence-corrected chi connectivity index (χ0v) is 11.5. The van der Waals surface area contributed by atoms with E-state index in [1.54, 1.807) is 0 Å². The Bertz CT molecular complexity index is 298. The van der Waals surface area contributed by atoms with Gasteiger partial charge in [0.05, 0.1) is 11.7 Å². The number of ether oxygens (including phenoxy) is 2. The van der Waals surface area contributed by atoms with E-state index in [0.29, 0.717) is 6.54 Å². The highest BCUT2D eigenvalue weighted by atomic mass is 16.6. The summed E-state index contributed by atoms with van der Waals surface area (Å²) in [6, 6.07) is 0. The number of amides is 1. The van der Waals surface area contributed by atoms with Crippen LogP contribution in [0.2, 0.25) is 0 Å². The molecule has 0 radical (unpaired) electrons. The summed E-state index contributed by atoms with van der Waals surface area (Å²) in [7, 11) is 0. The van der Waals surface area contributed by atoms with Crippen LogP contribution in [0.5, 0.6) is 0 Å². The fourth-order valence-corrected chi connectivity index (χ4v) is 2.59. The van der Waals surface area contributed by atoms with Gasteiger partial charge >= 0.3 is 6.09 Å². The minimum atomic E-state index is -0.444. The largest absolute Gasteiger partial charge is 0.444 e. The Morgan fingerprint density at radius 1 is 1.44 bits per heavy atom. The van der Waals surface area contributed by atoms with E-state index < -0.39 is 5.60 Å². The molecular weight excluding hydrogens is 232 g/mol. The van der Waals surface area contributed by atoms with Crippen molar-refractivity contribution >= 4 is 6.09 Å². The van der Waals surface area contributed by atoms with Gasteiger partial charge < -0.3 is 20.1 Å². The Morgan fingerprint density at radius 2 is 2.06 bits per heavy atom. The maximum atomic E-state index is 11.5. The monoisotopic (exact) mass is 256 g/mol. The molecule has 1 atom stereocenters. The van der Waals surface area contributed by atoms with Crippen LogP contribution in [0.1, 0.15) is 40.0 Å². The molecule has 5 nitrogen and oxygen atoms in total. The van der Waals surface area contributed by atoms with Crippen molar-refractivity contribution in [1.29, 1.82) is 0 Å². The molecule has 104 valence electrons. The van der Waals surface area contributed by atoms with Gasteiger partial charge in [-0.05, 0) is 46.7 Å². The standard InChI is InChI=1S/C13H24N2O3/c1-12(2,3)18-11(16)15-9-10-8-13(17-10)4-6-14-7-5-13/h10,14H,4-9H2,1-3H3,(H,15,16). The molecule has 0 bridgehead atoms. The van der Waals surface area contributed by atoms with Crippen molar-refractivity contribution in [1.82, 2.24) is 10.6 Å². The normalized spacial score (nSPS) is 26.5. The topological polar surface area (TPSA) is 59.6 Å². The highest BCUT2D eigenvalue weighted by Crippen LogP contribution is 2.39. The Labute approximate surface area is 109 Å². The summed E-state index contributed by atoms with van der Waals surface area (Å²) in [4.78, 5) is 11.5. The lowest BCUT2D eigenvalue weighted by atomic mass is 9.81. The zero-order chi connectivity index (χ0) is 13.2. The highest BCUT2D eigenvalue weighted by molar-refractivity contribution is 5.67.